The number of carboxylic acid groups (broad SMARTS) is 1. The number of aromatic nitrogens is 2. The maximum absolute atomic E-state index is 12.6. The summed E-state index contributed by atoms with van der Waals surface area (Å²) in [6.07, 6.45) is -0.0818. The molecule has 1 aromatic carbocycles. The zero-order valence-corrected chi connectivity index (χ0v) is 19.4. The Kier molecular flexibility index (Phi) is 7.80. The number of hydrogen-bond donors (Lipinski definition) is 1. The molecule has 1 aliphatic heterocycles. The fourth-order valence-electron chi connectivity index (χ4n) is 4.24. The maximum Gasteiger partial charge on any atom is 0.315 e. The molecule has 1 N–H and O–H groups in total. The summed E-state index contributed by atoms with van der Waals surface area (Å²) >= 11 is 0. The van der Waals surface area contributed by atoms with E-state index in [9.17, 15) is 14.7 Å². The first kappa shape index (κ1) is 24.8. The molecule has 1 aliphatic rings. The van der Waals surface area contributed by atoms with Gasteiger partial charge in [-0.25, -0.2) is 9.28 Å². The van der Waals surface area contributed by atoms with Gasteiger partial charge in [0.15, 0.2) is 5.82 Å². The van der Waals surface area contributed by atoms with Crippen LogP contribution in [0.1, 0.15) is 44.6 Å². The molecule has 170 valence electrons. The van der Waals surface area contributed by atoms with E-state index >= 15 is 0 Å². The third-order valence-corrected chi connectivity index (χ3v) is 6.25. The van der Waals surface area contributed by atoms with Gasteiger partial charge in [0.2, 0.25) is 0 Å². The summed E-state index contributed by atoms with van der Waals surface area (Å²) in [5.41, 5.74) is 2.25. The van der Waals surface area contributed by atoms with Crippen molar-refractivity contribution in [3.8, 4) is 11.5 Å². The van der Waals surface area contributed by atoms with Gasteiger partial charge in [0.1, 0.15) is 11.8 Å². The Morgan fingerprint density at radius 1 is 1.39 bits per heavy atom. The Morgan fingerprint density at radius 3 is 2.68 bits per heavy atom. The zero-order valence-electron chi connectivity index (χ0n) is 18.5. The van der Waals surface area contributed by atoms with Gasteiger partial charge in [-0.15, -0.1) is 12.4 Å². The first-order valence-corrected chi connectivity index (χ1v) is 10.2. The average Bonchev–Trinajstić information content (AvgIpc) is 3.18. The number of benzene rings is 1. The maximum atomic E-state index is 12.6. The molecule has 2 aromatic rings. The molecule has 0 spiro atoms. The fourth-order valence-corrected chi connectivity index (χ4v) is 4.24. The molecular weight excluding hydrogens is 422 g/mol. The zero-order chi connectivity index (χ0) is 22.1. The number of amides is 2. The van der Waals surface area contributed by atoms with Crippen molar-refractivity contribution < 1.29 is 19.2 Å². The summed E-state index contributed by atoms with van der Waals surface area (Å²) < 4.78 is 5.53. The van der Waals surface area contributed by atoms with E-state index < -0.39 is 12.1 Å². The van der Waals surface area contributed by atoms with E-state index in [4.69, 9.17) is 4.52 Å². The Labute approximate surface area is 188 Å². The van der Waals surface area contributed by atoms with Crippen molar-refractivity contribution >= 4 is 30.1 Å². The normalized spacial score (nSPS) is 22.4. The van der Waals surface area contributed by atoms with Crippen molar-refractivity contribution in [2.45, 2.75) is 45.7 Å². The van der Waals surface area contributed by atoms with E-state index in [1.165, 1.54) is 4.90 Å². The predicted molar refractivity (Wildman–Crippen MR) is 118 cm³/mol. The second kappa shape index (κ2) is 9.76. The summed E-state index contributed by atoms with van der Waals surface area (Å²) in [6, 6.07) is 5.08. The fraction of sp³-hybridized carbons (Fsp3) is 0.524. The lowest BCUT2D eigenvalue weighted by Gasteiger charge is -2.46. The number of hydrogen-bond acceptors (Lipinski definition) is 7. The van der Waals surface area contributed by atoms with Gasteiger partial charge in [-0.1, -0.05) is 5.16 Å². The molecule has 0 bridgehead atoms. The molecule has 0 saturated carbocycles. The summed E-state index contributed by atoms with van der Waals surface area (Å²) in [5, 5.41) is 18.8. The number of nitrogens with one attached hydrogen (secondary N) is 1. The van der Waals surface area contributed by atoms with Gasteiger partial charge in [0, 0.05) is 43.1 Å². The highest BCUT2D eigenvalue weighted by atomic mass is 35.5. The van der Waals surface area contributed by atoms with Crippen LogP contribution < -0.4 is 14.9 Å². The minimum absolute atomic E-state index is 0. The summed E-state index contributed by atoms with van der Waals surface area (Å²) in [6.45, 7) is 6.34. The van der Waals surface area contributed by atoms with Gasteiger partial charge in [0.25, 0.3) is 5.89 Å². The minimum Gasteiger partial charge on any atom is -0.530 e. The molecule has 0 radical (unpaired) electrons. The number of quaternary nitrogens is 1. The van der Waals surface area contributed by atoms with E-state index in [2.05, 4.69) is 15.5 Å². The smallest absolute Gasteiger partial charge is 0.315 e. The SMILES string of the molecule is CCN(C(=O)[O-])[C@@H]1C[C@H](C)[N+](C)(C(C)=O)c2ccc(-c3nc(CCNC)no3)cc21.Cl. The molecule has 1 aromatic heterocycles. The quantitative estimate of drug-likeness (QED) is 0.667. The molecule has 10 heteroatoms. The lowest BCUT2D eigenvalue weighted by Crippen LogP contribution is -2.60. The molecule has 1 unspecified atom stereocenters. The van der Waals surface area contributed by atoms with Crippen molar-refractivity contribution in [2.24, 2.45) is 0 Å². The monoisotopic (exact) mass is 451 g/mol. The minimum atomic E-state index is -1.22. The van der Waals surface area contributed by atoms with Crippen molar-refractivity contribution in [1.29, 1.82) is 0 Å². The van der Waals surface area contributed by atoms with Gasteiger partial charge in [-0.3, -0.25) is 0 Å². The highest BCUT2D eigenvalue weighted by Gasteiger charge is 2.47. The van der Waals surface area contributed by atoms with Crippen LogP contribution in [0.3, 0.4) is 0 Å². The number of carbonyl (C=O) groups excluding carboxylic acids is 2. The lowest BCUT2D eigenvalue weighted by atomic mass is 9.87. The van der Waals surface area contributed by atoms with Crippen molar-refractivity contribution in [3.05, 3.63) is 29.6 Å². The third kappa shape index (κ3) is 4.44. The molecule has 0 aliphatic carbocycles. The van der Waals surface area contributed by atoms with E-state index in [1.807, 2.05) is 39.2 Å². The van der Waals surface area contributed by atoms with Crippen LogP contribution in [0.15, 0.2) is 22.7 Å². The Balaban J connectivity index is 0.00000341. The van der Waals surface area contributed by atoms with Crippen LogP contribution in [0.5, 0.6) is 0 Å². The van der Waals surface area contributed by atoms with Gasteiger partial charge < -0.3 is 24.6 Å². The highest BCUT2D eigenvalue weighted by molar-refractivity contribution is 5.89. The van der Waals surface area contributed by atoms with E-state index in [0.29, 0.717) is 36.7 Å². The van der Waals surface area contributed by atoms with Crippen LogP contribution in [0.25, 0.3) is 11.5 Å². The molecule has 0 saturated heterocycles. The van der Waals surface area contributed by atoms with Crippen LogP contribution in [0.2, 0.25) is 0 Å². The number of carbonyl (C=O) groups is 2. The predicted octanol–water partition coefficient (Wildman–Crippen LogP) is 1.90. The highest BCUT2D eigenvalue weighted by Crippen LogP contribution is 2.45. The number of fused-ring (bicyclic) bond motifs is 1. The van der Waals surface area contributed by atoms with Gasteiger partial charge >= 0.3 is 5.91 Å². The molecular formula is C21H30ClN5O4. The lowest BCUT2D eigenvalue weighted by molar-refractivity contribution is -0.268. The third-order valence-electron chi connectivity index (χ3n) is 6.25. The van der Waals surface area contributed by atoms with E-state index in [-0.39, 0.29) is 28.8 Å². The largest absolute Gasteiger partial charge is 0.530 e. The van der Waals surface area contributed by atoms with Crippen LogP contribution >= 0.6 is 12.4 Å². The number of nitrogens with zero attached hydrogens (tertiary/aromatic N) is 4. The number of rotatable bonds is 6. The van der Waals surface area contributed by atoms with Crippen LogP contribution in [0.4, 0.5) is 10.5 Å². The number of halogens is 1. The summed E-state index contributed by atoms with van der Waals surface area (Å²) in [4.78, 5) is 30.2. The van der Waals surface area contributed by atoms with Gasteiger partial charge in [-0.2, -0.15) is 4.98 Å². The molecule has 2 heterocycles. The second-order valence-electron chi connectivity index (χ2n) is 7.89. The second-order valence-corrected chi connectivity index (χ2v) is 7.89. The summed E-state index contributed by atoms with van der Waals surface area (Å²) in [5.74, 6) is 0.963. The molecule has 31 heavy (non-hydrogen) atoms. The van der Waals surface area contributed by atoms with E-state index in [0.717, 1.165) is 17.8 Å². The van der Waals surface area contributed by atoms with E-state index in [1.54, 1.807) is 13.8 Å². The van der Waals surface area contributed by atoms with Gasteiger partial charge in [0.05, 0.1) is 26.1 Å². The Morgan fingerprint density at radius 2 is 2.10 bits per heavy atom. The molecule has 3 atom stereocenters. The number of likely N-dealkylation sites (N-methyl/N-ethyl adjacent to an activating group) is 1. The van der Waals surface area contributed by atoms with Crippen molar-refractivity contribution in [1.82, 2.24) is 24.8 Å². The molecule has 0 fully saturated rings. The molecule has 3 rings (SSSR count). The standard InChI is InChI=1S/C21H29N5O4.ClH/c1-6-25(21(28)29)17-11-13(2)26(5,14(3)27)18-8-7-15(12-16(17)18)20-23-19(24-30-20)9-10-22-4;/h7-8,12-13,17,22H,6,9-11H2,1-5H3;1H/t13-,17+,26?;/m0./s1. The first-order valence-electron chi connectivity index (χ1n) is 10.2. The molecule has 9 nitrogen and oxygen atoms in total. The van der Waals surface area contributed by atoms with Crippen LogP contribution in [-0.2, 0) is 11.2 Å². The van der Waals surface area contributed by atoms with Crippen LogP contribution in [0, 0.1) is 0 Å². The molecule has 2 amide bonds. The Hall–Kier alpha value is -2.49. The van der Waals surface area contributed by atoms with Crippen molar-refractivity contribution in [2.75, 3.05) is 27.2 Å². The average molecular weight is 452 g/mol. The summed E-state index contributed by atoms with van der Waals surface area (Å²) in [7, 11) is 3.73. The van der Waals surface area contributed by atoms with Crippen LogP contribution in [-0.4, -0.2) is 60.3 Å². The van der Waals surface area contributed by atoms with Crippen molar-refractivity contribution in [3.63, 3.8) is 0 Å². The topological polar surface area (TPSA) is 111 Å². The first-order chi connectivity index (χ1) is 14.2. The van der Waals surface area contributed by atoms with Gasteiger partial charge in [-0.05, 0) is 33.0 Å². The Bertz CT molecular complexity index is 950.